The summed E-state index contributed by atoms with van der Waals surface area (Å²) in [6, 6.07) is 9.30. The second-order valence-corrected chi connectivity index (χ2v) is 3.76. The van der Waals surface area contributed by atoms with Crippen molar-refractivity contribution in [3.05, 3.63) is 35.9 Å². The van der Waals surface area contributed by atoms with Gasteiger partial charge in [-0.1, -0.05) is 37.3 Å². The molecule has 16 heavy (non-hydrogen) atoms. The molecule has 1 aromatic carbocycles. The first-order valence-corrected chi connectivity index (χ1v) is 5.47. The molecule has 3 heteroatoms. The van der Waals surface area contributed by atoms with E-state index in [9.17, 15) is 9.59 Å². The fraction of sp³-hybridized carbons (Fsp3) is 0.385. The summed E-state index contributed by atoms with van der Waals surface area (Å²) in [7, 11) is 0. The Hall–Kier alpha value is -1.64. The molecule has 0 unspecified atom stereocenters. The lowest BCUT2D eigenvalue weighted by molar-refractivity contribution is -0.126. The zero-order valence-electron chi connectivity index (χ0n) is 9.69. The summed E-state index contributed by atoms with van der Waals surface area (Å²) >= 11 is 0. The molecule has 0 spiro atoms. The average Bonchev–Trinajstić information content (AvgIpc) is 2.28. The topological polar surface area (TPSA) is 46.2 Å². The first-order chi connectivity index (χ1) is 7.63. The van der Waals surface area contributed by atoms with E-state index in [4.69, 9.17) is 0 Å². The van der Waals surface area contributed by atoms with Crippen LogP contribution in [-0.2, 0) is 16.0 Å². The number of benzene rings is 1. The van der Waals surface area contributed by atoms with E-state index in [1.54, 1.807) is 0 Å². The maximum atomic E-state index is 11.6. The number of ketones is 1. The number of rotatable bonds is 5. The number of carbonyl (C=O) groups is 2. The van der Waals surface area contributed by atoms with E-state index >= 15 is 0 Å². The summed E-state index contributed by atoms with van der Waals surface area (Å²) in [5, 5.41) is 2.69. The minimum atomic E-state index is -0.398. The highest BCUT2D eigenvalue weighted by Gasteiger charge is 2.17. The first kappa shape index (κ1) is 12.4. The Morgan fingerprint density at radius 1 is 1.25 bits per heavy atom. The van der Waals surface area contributed by atoms with Gasteiger partial charge in [0.25, 0.3) is 0 Å². The van der Waals surface area contributed by atoms with Gasteiger partial charge in [-0.3, -0.25) is 9.59 Å². The van der Waals surface area contributed by atoms with Crippen LogP contribution in [0.15, 0.2) is 30.3 Å². The molecule has 0 aliphatic rings. The molecule has 1 N–H and O–H groups in total. The lowest BCUT2D eigenvalue weighted by Gasteiger charge is -2.15. The molecule has 3 nitrogen and oxygen atoms in total. The molecule has 0 heterocycles. The van der Waals surface area contributed by atoms with E-state index in [1.807, 2.05) is 37.3 Å². The Kier molecular flexibility index (Phi) is 4.70. The standard InChI is InChI=1S/C13H17NO2/c1-3-13(16)12(14-10(2)15)9-11-7-5-4-6-8-11/h4-8,12H,3,9H2,1-2H3,(H,14,15)/t12-/m0/s1. The number of amides is 1. The molecule has 1 amide bonds. The number of nitrogens with one attached hydrogen (secondary N) is 1. The third-order valence-corrected chi connectivity index (χ3v) is 2.40. The normalized spacial score (nSPS) is 11.9. The van der Waals surface area contributed by atoms with Crippen molar-refractivity contribution < 1.29 is 9.59 Å². The zero-order valence-corrected chi connectivity index (χ0v) is 9.69. The Balaban J connectivity index is 2.70. The summed E-state index contributed by atoms with van der Waals surface area (Å²) in [6.07, 6.45) is 1.00. The van der Waals surface area contributed by atoms with Crippen LogP contribution in [0.3, 0.4) is 0 Å². The van der Waals surface area contributed by atoms with Crippen molar-refractivity contribution in [2.75, 3.05) is 0 Å². The van der Waals surface area contributed by atoms with E-state index < -0.39 is 6.04 Å². The molecule has 0 fully saturated rings. The second kappa shape index (κ2) is 6.05. The van der Waals surface area contributed by atoms with Crippen LogP contribution in [-0.4, -0.2) is 17.7 Å². The fourth-order valence-corrected chi connectivity index (χ4v) is 1.59. The van der Waals surface area contributed by atoms with Gasteiger partial charge in [0.05, 0.1) is 6.04 Å². The second-order valence-electron chi connectivity index (χ2n) is 3.76. The van der Waals surface area contributed by atoms with Gasteiger partial charge in [0.2, 0.25) is 5.91 Å². The van der Waals surface area contributed by atoms with Gasteiger partial charge in [-0.2, -0.15) is 0 Å². The molecule has 0 aliphatic heterocycles. The molecule has 1 rings (SSSR count). The molecule has 0 saturated heterocycles. The van der Waals surface area contributed by atoms with Gasteiger partial charge in [0, 0.05) is 13.3 Å². The third-order valence-electron chi connectivity index (χ3n) is 2.40. The SMILES string of the molecule is CCC(=O)[C@H](Cc1ccccc1)NC(C)=O. The minimum Gasteiger partial charge on any atom is -0.346 e. The van der Waals surface area contributed by atoms with E-state index in [0.29, 0.717) is 12.8 Å². The predicted octanol–water partition coefficient (Wildman–Crippen LogP) is 1.71. The van der Waals surface area contributed by atoms with Crippen molar-refractivity contribution in [2.24, 2.45) is 0 Å². The van der Waals surface area contributed by atoms with Crippen LogP contribution in [0.4, 0.5) is 0 Å². The maximum absolute atomic E-state index is 11.6. The van der Waals surface area contributed by atoms with Gasteiger partial charge in [-0.15, -0.1) is 0 Å². The smallest absolute Gasteiger partial charge is 0.217 e. The van der Waals surface area contributed by atoms with Gasteiger partial charge in [0.15, 0.2) is 5.78 Å². The van der Waals surface area contributed by atoms with Gasteiger partial charge >= 0.3 is 0 Å². The highest BCUT2D eigenvalue weighted by molar-refractivity contribution is 5.88. The van der Waals surface area contributed by atoms with Crippen LogP contribution >= 0.6 is 0 Å². The Morgan fingerprint density at radius 2 is 1.88 bits per heavy atom. The largest absolute Gasteiger partial charge is 0.346 e. The van der Waals surface area contributed by atoms with Gasteiger partial charge in [-0.05, 0) is 12.0 Å². The molecule has 0 aliphatic carbocycles. The molecule has 86 valence electrons. The number of hydrogen-bond acceptors (Lipinski definition) is 2. The molecule has 0 radical (unpaired) electrons. The van der Waals surface area contributed by atoms with Crippen LogP contribution in [0.1, 0.15) is 25.8 Å². The van der Waals surface area contributed by atoms with Crippen LogP contribution in [0.2, 0.25) is 0 Å². The van der Waals surface area contributed by atoms with Gasteiger partial charge < -0.3 is 5.32 Å². The van der Waals surface area contributed by atoms with E-state index in [2.05, 4.69) is 5.32 Å². The number of carbonyl (C=O) groups excluding carboxylic acids is 2. The van der Waals surface area contributed by atoms with Crippen molar-refractivity contribution >= 4 is 11.7 Å². The Labute approximate surface area is 95.9 Å². The van der Waals surface area contributed by atoms with Crippen molar-refractivity contribution in [2.45, 2.75) is 32.7 Å². The molecular weight excluding hydrogens is 202 g/mol. The summed E-state index contributed by atoms with van der Waals surface area (Å²) in [4.78, 5) is 22.6. The van der Waals surface area contributed by atoms with Crippen LogP contribution < -0.4 is 5.32 Å². The van der Waals surface area contributed by atoms with Crippen molar-refractivity contribution in [3.8, 4) is 0 Å². The quantitative estimate of drug-likeness (QED) is 0.819. The molecule has 1 atom stereocenters. The van der Waals surface area contributed by atoms with Gasteiger partial charge in [0.1, 0.15) is 0 Å². The monoisotopic (exact) mass is 219 g/mol. The van der Waals surface area contributed by atoms with Crippen LogP contribution in [0.25, 0.3) is 0 Å². The number of hydrogen-bond donors (Lipinski definition) is 1. The highest BCUT2D eigenvalue weighted by atomic mass is 16.2. The molecule has 1 aromatic rings. The lowest BCUT2D eigenvalue weighted by Crippen LogP contribution is -2.41. The van der Waals surface area contributed by atoms with Crippen molar-refractivity contribution in [3.63, 3.8) is 0 Å². The summed E-state index contributed by atoms with van der Waals surface area (Å²) in [5.41, 5.74) is 1.06. The fourth-order valence-electron chi connectivity index (χ4n) is 1.59. The molecule has 0 saturated carbocycles. The molecule has 0 aromatic heterocycles. The number of Topliss-reactive ketones (excluding diaryl/α,β-unsaturated/α-hetero) is 1. The Morgan fingerprint density at radius 3 is 2.38 bits per heavy atom. The maximum Gasteiger partial charge on any atom is 0.217 e. The third kappa shape index (κ3) is 3.85. The first-order valence-electron chi connectivity index (χ1n) is 5.47. The van der Waals surface area contributed by atoms with E-state index in [-0.39, 0.29) is 11.7 Å². The van der Waals surface area contributed by atoms with E-state index in [0.717, 1.165) is 5.56 Å². The van der Waals surface area contributed by atoms with Crippen molar-refractivity contribution in [1.29, 1.82) is 0 Å². The highest BCUT2D eigenvalue weighted by Crippen LogP contribution is 2.05. The molecular formula is C13H17NO2. The molecule has 0 bridgehead atoms. The Bertz CT molecular complexity index is 359. The minimum absolute atomic E-state index is 0.0686. The van der Waals surface area contributed by atoms with Crippen molar-refractivity contribution in [1.82, 2.24) is 5.32 Å². The average molecular weight is 219 g/mol. The zero-order chi connectivity index (χ0) is 12.0. The van der Waals surface area contributed by atoms with E-state index in [1.165, 1.54) is 6.92 Å². The lowest BCUT2D eigenvalue weighted by atomic mass is 10.0. The van der Waals surface area contributed by atoms with Crippen LogP contribution in [0, 0.1) is 0 Å². The van der Waals surface area contributed by atoms with Crippen LogP contribution in [0.5, 0.6) is 0 Å². The summed E-state index contributed by atoms with van der Waals surface area (Å²) in [6.45, 7) is 3.24. The summed E-state index contributed by atoms with van der Waals surface area (Å²) in [5.74, 6) is -0.0956. The van der Waals surface area contributed by atoms with Gasteiger partial charge in [-0.25, -0.2) is 0 Å². The predicted molar refractivity (Wildman–Crippen MR) is 63.0 cm³/mol. The summed E-state index contributed by atoms with van der Waals surface area (Å²) < 4.78 is 0.